The number of nitrogens with zero attached hydrogens (tertiary/aromatic N) is 4. The van der Waals surface area contributed by atoms with Gasteiger partial charge in [-0.3, -0.25) is 0 Å². The standard InChI is InChI=1S/C37H33N4/c38-40-39-26-10-11-27-41-28-24-31(25-29-41)19-18-30-20-22-35(23-21-30)37(34-16-8-3-9-17-34)36(32-12-4-1-5-13-32)33-14-6-2-7-15-33/h1-9,12-25,28-29H,10-11,26-27H2/q+1. The number of aryl methyl sites for hydroxylation is 1. The molecule has 4 heteroatoms. The summed E-state index contributed by atoms with van der Waals surface area (Å²) in [6.45, 7) is 1.47. The van der Waals surface area contributed by atoms with Crippen LogP contribution in [0.2, 0.25) is 0 Å². The number of unbranched alkanes of at least 4 members (excludes halogenated alkanes) is 1. The van der Waals surface area contributed by atoms with Crippen LogP contribution in [0.1, 0.15) is 46.2 Å². The van der Waals surface area contributed by atoms with Gasteiger partial charge < -0.3 is 0 Å². The predicted molar refractivity (Wildman–Crippen MR) is 170 cm³/mol. The van der Waals surface area contributed by atoms with Gasteiger partial charge in [0.2, 0.25) is 0 Å². The number of hydrogen-bond donors (Lipinski definition) is 0. The quantitative estimate of drug-likeness (QED) is 0.0406. The first-order valence-electron chi connectivity index (χ1n) is 14.0. The van der Waals surface area contributed by atoms with E-state index in [4.69, 9.17) is 5.53 Å². The Hall–Kier alpha value is -5.18. The molecule has 0 saturated heterocycles. The minimum Gasteiger partial charge on any atom is -0.205 e. The molecule has 0 bridgehead atoms. The van der Waals surface area contributed by atoms with Crippen LogP contribution < -0.4 is 4.57 Å². The summed E-state index contributed by atoms with van der Waals surface area (Å²) < 4.78 is 2.16. The lowest BCUT2D eigenvalue weighted by atomic mass is 9.85. The molecule has 0 fully saturated rings. The van der Waals surface area contributed by atoms with Crippen LogP contribution in [0, 0.1) is 0 Å². The molecule has 0 spiro atoms. The van der Waals surface area contributed by atoms with Crippen LogP contribution in [0.5, 0.6) is 0 Å². The summed E-state index contributed by atoms with van der Waals surface area (Å²) in [6.07, 6.45) is 10.4. The molecule has 0 aliphatic carbocycles. The van der Waals surface area contributed by atoms with Crippen molar-refractivity contribution in [1.29, 1.82) is 0 Å². The third-order valence-electron chi connectivity index (χ3n) is 7.01. The Morgan fingerprint density at radius 2 is 1.00 bits per heavy atom. The highest BCUT2D eigenvalue weighted by Crippen LogP contribution is 2.36. The summed E-state index contributed by atoms with van der Waals surface area (Å²) in [6, 6.07) is 45.0. The van der Waals surface area contributed by atoms with Gasteiger partial charge >= 0.3 is 0 Å². The van der Waals surface area contributed by atoms with Crippen LogP contribution in [0.3, 0.4) is 0 Å². The average molecular weight is 534 g/mol. The molecule has 0 aliphatic heterocycles. The monoisotopic (exact) mass is 533 g/mol. The van der Waals surface area contributed by atoms with Crippen LogP contribution in [0.25, 0.3) is 33.7 Å². The van der Waals surface area contributed by atoms with Gasteiger partial charge in [0.25, 0.3) is 0 Å². The Kier molecular flexibility index (Phi) is 9.54. The zero-order valence-electron chi connectivity index (χ0n) is 23.1. The molecule has 1 heterocycles. The predicted octanol–water partition coefficient (Wildman–Crippen LogP) is 9.24. The van der Waals surface area contributed by atoms with Crippen LogP contribution in [0.4, 0.5) is 0 Å². The van der Waals surface area contributed by atoms with Gasteiger partial charge in [0.1, 0.15) is 6.54 Å². The molecule has 5 aromatic rings. The zero-order valence-corrected chi connectivity index (χ0v) is 23.1. The molecule has 4 nitrogen and oxygen atoms in total. The SMILES string of the molecule is [N-]=[N+]=NCCCC[n+]1ccc(C=Cc2ccc(C(=C(c3ccccc3)c3ccccc3)c3ccccc3)cc2)cc1. The summed E-state index contributed by atoms with van der Waals surface area (Å²) >= 11 is 0. The van der Waals surface area contributed by atoms with E-state index in [9.17, 15) is 0 Å². The first kappa shape index (κ1) is 27.4. The van der Waals surface area contributed by atoms with Gasteiger partial charge in [-0.2, -0.15) is 0 Å². The summed E-state index contributed by atoms with van der Waals surface area (Å²) in [5.41, 5.74) is 17.9. The van der Waals surface area contributed by atoms with Crippen molar-refractivity contribution in [2.75, 3.05) is 6.54 Å². The van der Waals surface area contributed by atoms with E-state index in [0.29, 0.717) is 6.54 Å². The Morgan fingerprint density at radius 3 is 1.46 bits per heavy atom. The molecule has 0 radical (unpaired) electrons. The summed E-state index contributed by atoms with van der Waals surface area (Å²) in [5, 5.41) is 3.60. The van der Waals surface area contributed by atoms with Gasteiger partial charge in [-0.25, -0.2) is 4.57 Å². The van der Waals surface area contributed by atoms with Gasteiger partial charge in [-0.1, -0.05) is 133 Å². The van der Waals surface area contributed by atoms with Gasteiger partial charge in [-0.05, 0) is 56.5 Å². The van der Waals surface area contributed by atoms with Crippen molar-refractivity contribution >= 4 is 23.3 Å². The molecule has 1 aromatic heterocycles. The molecule has 0 atom stereocenters. The number of azide groups is 1. The summed E-state index contributed by atoms with van der Waals surface area (Å²) in [4.78, 5) is 2.81. The van der Waals surface area contributed by atoms with E-state index < -0.39 is 0 Å². The van der Waals surface area contributed by atoms with E-state index in [1.807, 2.05) is 0 Å². The molecule has 0 aliphatic rings. The second kappa shape index (κ2) is 14.3. The van der Waals surface area contributed by atoms with E-state index >= 15 is 0 Å². The van der Waals surface area contributed by atoms with Crippen molar-refractivity contribution in [3.8, 4) is 0 Å². The topological polar surface area (TPSA) is 52.6 Å². The highest BCUT2D eigenvalue weighted by atomic mass is 15.1. The molecule has 0 unspecified atom stereocenters. The molecule has 0 amide bonds. The second-order valence-corrected chi connectivity index (χ2v) is 9.83. The molecule has 200 valence electrons. The molecule has 0 saturated carbocycles. The maximum atomic E-state index is 8.38. The molecule has 41 heavy (non-hydrogen) atoms. The van der Waals surface area contributed by atoms with E-state index in [0.717, 1.165) is 30.5 Å². The number of hydrogen-bond acceptors (Lipinski definition) is 1. The van der Waals surface area contributed by atoms with Crippen LogP contribution in [0.15, 0.2) is 145 Å². The minimum atomic E-state index is 0.555. The van der Waals surface area contributed by atoms with Crippen molar-refractivity contribution in [1.82, 2.24) is 0 Å². The van der Waals surface area contributed by atoms with Gasteiger partial charge in [0, 0.05) is 30.0 Å². The summed E-state index contributed by atoms with van der Waals surface area (Å²) in [7, 11) is 0. The maximum absolute atomic E-state index is 8.38. The third-order valence-corrected chi connectivity index (χ3v) is 7.01. The molecule has 4 aromatic carbocycles. The van der Waals surface area contributed by atoms with E-state index in [1.54, 1.807) is 0 Å². The number of benzene rings is 4. The third kappa shape index (κ3) is 7.48. The van der Waals surface area contributed by atoms with E-state index in [-0.39, 0.29) is 0 Å². The fourth-order valence-electron chi connectivity index (χ4n) is 4.93. The van der Waals surface area contributed by atoms with Gasteiger partial charge in [0.15, 0.2) is 12.4 Å². The van der Waals surface area contributed by atoms with Crippen molar-refractivity contribution < 1.29 is 4.57 Å². The molecule has 5 rings (SSSR count). The maximum Gasteiger partial charge on any atom is 0.169 e. The van der Waals surface area contributed by atoms with Gasteiger partial charge in [0.05, 0.1) is 0 Å². The Labute approximate surface area is 242 Å². The normalized spacial score (nSPS) is 10.7. The second-order valence-electron chi connectivity index (χ2n) is 9.83. The fourth-order valence-corrected chi connectivity index (χ4v) is 4.93. The van der Waals surface area contributed by atoms with E-state index in [2.05, 4.69) is 167 Å². The lowest BCUT2D eigenvalue weighted by molar-refractivity contribution is -0.697. The molecular formula is C37H33N4+. The van der Waals surface area contributed by atoms with E-state index in [1.165, 1.54) is 33.4 Å². The molecular weight excluding hydrogens is 500 g/mol. The summed E-state index contributed by atoms with van der Waals surface area (Å²) in [5.74, 6) is 0. The number of rotatable bonds is 11. The zero-order chi connectivity index (χ0) is 28.1. The fraction of sp³-hybridized carbons (Fsp3) is 0.108. The Bertz CT molecular complexity index is 1590. The van der Waals surface area contributed by atoms with Crippen molar-refractivity contribution in [3.63, 3.8) is 0 Å². The first-order chi connectivity index (χ1) is 20.3. The Morgan fingerprint density at radius 1 is 0.561 bits per heavy atom. The van der Waals surface area contributed by atoms with Crippen LogP contribution in [-0.4, -0.2) is 6.54 Å². The van der Waals surface area contributed by atoms with Gasteiger partial charge in [-0.15, -0.1) is 0 Å². The lowest BCUT2D eigenvalue weighted by Gasteiger charge is -2.18. The molecule has 0 N–H and O–H groups in total. The van der Waals surface area contributed by atoms with Crippen LogP contribution >= 0.6 is 0 Å². The van der Waals surface area contributed by atoms with Crippen molar-refractivity contribution in [2.24, 2.45) is 5.11 Å². The minimum absolute atomic E-state index is 0.555. The highest BCUT2D eigenvalue weighted by molar-refractivity contribution is 6.04. The smallest absolute Gasteiger partial charge is 0.169 e. The highest BCUT2D eigenvalue weighted by Gasteiger charge is 2.15. The number of aromatic nitrogens is 1. The largest absolute Gasteiger partial charge is 0.205 e. The Balaban J connectivity index is 1.42. The van der Waals surface area contributed by atoms with Crippen molar-refractivity contribution in [2.45, 2.75) is 19.4 Å². The number of pyridine rings is 1. The lowest BCUT2D eigenvalue weighted by Crippen LogP contribution is -2.32. The van der Waals surface area contributed by atoms with Crippen LogP contribution in [-0.2, 0) is 6.54 Å². The van der Waals surface area contributed by atoms with Crippen molar-refractivity contribution in [3.05, 3.63) is 184 Å². The average Bonchev–Trinajstić information content (AvgIpc) is 3.04. The first-order valence-corrected chi connectivity index (χ1v) is 14.0.